The minimum atomic E-state index is 0.710. The maximum atomic E-state index is 4.44. The summed E-state index contributed by atoms with van der Waals surface area (Å²) in [4.78, 5) is 5.65. The van der Waals surface area contributed by atoms with Crippen molar-refractivity contribution >= 4 is 0 Å². The zero-order valence-corrected chi connectivity index (χ0v) is 11.1. The van der Waals surface area contributed by atoms with E-state index in [0.717, 1.165) is 24.5 Å². The highest BCUT2D eigenvalue weighted by Gasteiger charge is 2.01. The average Bonchev–Trinajstić information content (AvgIpc) is 3.16. The molecule has 1 N–H and O–H groups in total. The van der Waals surface area contributed by atoms with Crippen LogP contribution >= 0.6 is 0 Å². The van der Waals surface area contributed by atoms with Crippen LogP contribution < -0.4 is 5.32 Å². The van der Waals surface area contributed by atoms with E-state index in [2.05, 4.69) is 20.5 Å². The molecule has 0 atom stereocenters. The molecule has 3 aromatic rings. The maximum Gasteiger partial charge on any atom is 0.0969 e. The summed E-state index contributed by atoms with van der Waals surface area (Å²) in [5.41, 5.74) is 1.90. The van der Waals surface area contributed by atoms with Crippen LogP contribution in [0.3, 0.4) is 0 Å². The van der Waals surface area contributed by atoms with Crippen molar-refractivity contribution < 1.29 is 0 Å². The quantitative estimate of drug-likeness (QED) is 0.684. The van der Waals surface area contributed by atoms with Crippen LogP contribution in [0, 0.1) is 0 Å². The first-order valence-corrected chi connectivity index (χ1v) is 6.55. The Hall–Kier alpha value is -2.47. The molecule has 20 heavy (non-hydrogen) atoms. The molecule has 102 valence electrons. The summed E-state index contributed by atoms with van der Waals surface area (Å²) in [7, 11) is 0. The van der Waals surface area contributed by atoms with Crippen LogP contribution in [0.15, 0.2) is 55.2 Å². The van der Waals surface area contributed by atoms with Gasteiger partial charge in [0, 0.05) is 32.0 Å². The fraction of sp³-hybridized carbons (Fsp3) is 0.214. The summed E-state index contributed by atoms with van der Waals surface area (Å²) in [6, 6.07) is 9.89. The molecule has 0 aliphatic rings. The van der Waals surface area contributed by atoms with E-state index in [1.165, 1.54) is 0 Å². The maximum absolute atomic E-state index is 4.44. The Kier molecular flexibility index (Phi) is 3.84. The number of benzene rings is 1. The minimum absolute atomic E-state index is 0.710. The second-order valence-corrected chi connectivity index (χ2v) is 4.44. The lowest BCUT2D eigenvalue weighted by Crippen LogP contribution is -2.19. The van der Waals surface area contributed by atoms with Crippen molar-refractivity contribution in [3.8, 4) is 5.69 Å². The molecule has 0 fully saturated rings. The molecule has 6 nitrogen and oxygen atoms in total. The van der Waals surface area contributed by atoms with Gasteiger partial charge in [-0.2, -0.15) is 15.0 Å². The molecule has 6 heteroatoms. The Morgan fingerprint density at radius 1 is 1.15 bits per heavy atom. The molecule has 0 spiro atoms. The van der Waals surface area contributed by atoms with E-state index >= 15 is 0 Å². The Bertz CT molecular complexity index is 629. The van der Waals surface area contributed by atoms with Crippen LogP contribution in [0.25, 0.3) is 5.69 Å². The number of nitrogens with zero attached hydrogens (tertiary/aromatic N) is 5. The van der Waals surface area contributed by atoms with Crippen LogP contribution in [0.5, 0.6) is 0 Å². The highest BCUT2D eigenvalue weighted by atomic mass is 15.5. The van der Waals surface area contributed by atoms with Gasteiger partial charge in [0.25, 0.3) is 0 Å². The van der Waals surface area contributed by atoms with E-state index in [-0.39, 0.29) is 0 Å². The van der Waals surface area contributed by atoms with Crippen molar-refractivity contribution in [1.82, 2.24) is 29.9 Å². The van der Waals surface area contributed by atoms with Crippen molar-refractivity contribution in [3.05, 3.63) is 60.9 Å². The first kappa shape index (κ1) is 12.6. The molecule has 2 heterocycles. The third-order valence-corrected chi connectivity index (χ3v) is 2.94. The van der Waals surface area contributed by atoms with Gasteiger partial charge in [-0.1, -0.05) is 18.2 Å². The molecule has 3 rings (SSSR count). The summed E-state index contributed by atoms with van der Waals surface area (Å²) in [5, 5.41) is 12.0. The van der Waals surface area contributed by atoms with Crippen LogP contribution in [0.4, 0.5) is 0 Å². The second kappa shape index (κ2) is 6.12. The predicted octanol–water partition coefficient (Wildman–Crippen LogP) is 1.25. The number of para-hydroxylation sites is 1. The van der Waals surface area contributed by atoms with Crippen LogP contribution in [0.1, 0.15) is 5.69 Å². The smallest absolute Gasteiger partial charge is 0.0969 e. The van der Waals surface area contributed by atoms with E-state index in [4.69, 9.17) is 0 Å². The van der Waals surface area contributed by atoms with Crippen molar-refractivity contribution in [2.45, 2.75) is 13.1 Å². The lowest BCUT2D eigenvalue weighted by Gasteiger charge is -2.03. The minimum Gasteiger partial charge on any atom is -0.336 e. The zero-order valence-electron chi connectivity index (χ0n) is 11.1. The molecular weight excluding hydrogens is 252 g/mol. The Morgan fingerprint density at radius 3 is 2.85 bits per heavy atom. The lowest BCUT2D eigenvalue weighted by atomic mass is 10.3. The number of aromatic nitrogens is 5. The molecule has 0 saturated heterocycles. The van der Waals surface area contributed by atoms with Crippen molar-refractivity contribution in [2.75, 3.05) is 6.54 Å². The van der Waals surface area contributed by atoms with E-state index in [9.17, 15) is 0 Å². The molecule has 2 aromatic heterocycles. The molecule has 0 saturated carbocycles. The second-order valence-electron chi connectivity index (χ2n) is 4.44. The monoisotopic (exact) mass is 268 g/mol. The average molecular weight is 268 g/mol. The lowest BCUT2D eigenvalue weighted by molar-refractivity contribution is 0.588. The normalized spacial score (nSPS) is 10.8. The van der Waals surface area contributed by atoms with Crippen LogP contribution in [0.2, 0.25) is 0 Å². The standard InChI is InChI=1S/C14H16N6/c1-2-4-14(5-3-1)20-17-11-13(18-20)10-15-6-8-19-9-7-16-12-19/h1-5,7,9,11-12,15H,6,8,10H2. The van der Waals surface area contributed by atoms with E-state index < -0.39 is 0 Å². The van der Waals surface area contributed by atoms with Gasteiger partial charge in [-0.05, 0) is 12.1 Å². The number of rotatable bonds is 6. The molecule has 0 amide bonds. The van der Waals surface area contributed by atoms with Gasteiger partial charge in [0.2, 0.25) is 0 Å². The van der Waals surface area contributed by atoms with Crippen LogP contribution in [-0.4, -0.2) is 31.1 Å². The third-order valence-electron chi connectivity index (χ3n) is 2.94. The fourth-order valence-electron chi connectivity index (χ4n) is 1.90. The topological polar surface area (TPSA) is 60.6 Å². The van der Waals surface area contributed by atoms with Crippen LogP contribution in [-0.2, 0) is 13.1 Å². The highest BCUT2D eigenvalue weighted by molar-refractivity contribution is 5.28. The summed E-state index contributed by atoms with van der Waals surface area (Å²) >= 11 is 0. The van der Waals surface area contributed by atoms with Gasteiger partial charge >= 0.3 is 0 Å². The van der Waals surface area contributed by atoms with Crippen molar-refractivity contribution in [1.29, 1.82) is 0 Å². The zero-order chi connectivity index (χ0) is 13.6. The number of hydrogen-bond acceptors (Lipinski definition) is 4. The van der Waals surface area contributed by atoms with E-state index in [1.807, 2.05) is 47.4 Å². The summed E-state index contributed by atoms with van der Waals surface area (Å²) in [6.45, 7) is 2.48. The first-order valence-electron chi connectivity index (χ1n) is 6.55. The summed E-state index contributed by atoms with van der Waals surface area (Å²) < 4.78 is 2.04. The summed E-state index contributed by atoms with van der Waals surface area (Å²) in [5.74, 6) is 0. The predicted molar refractivity (Wildman–Crippen MR) is 75.3 cm³/mol. The summed E-state index contributed by atoms with van der Waals surface area (Å²) in [6.07, 6.45) is 7.34. The Labute approximate surface area is 117 Å². The van der Waals surface area contributed by atoms with Gasteiger partial charge < -0.3 is 9.88 Å². The largest absolute Gasteiger partial charge is 0.336 e. The van der Waals surface area contributed by atoms with E-state index in [1.54, 1.807) is 17.2 Å². The van der Waals surface area contributed by atoms with Gasteiger partial charge in [0.1, 0.15) is 0 Å². The third kappa shape index (κ3) is 3.10. The fourth-order valence-corrected chi connectivity index (χ4v) is 1.90. The van der Waals surface area contributed by atoms with E-state index in [0.29, 0.717) is 6.54 Å². The molecular formula is C14H16N6. The van der Waals surface area contributed by atoms with Gasteiger partial charge in [-0.15, -0.1) is 0 Å². The van der Waals surface area contributed by atoms with Crippen molar-refractivity contribution in [2.24, 2.45) is 0 Å². The van der Waals surface area contributed by atoms with Gasteiger partial charge in [0.15, 0.2) is 0 Å². The molecule has 0 radical (unpaired) electrons. The molecule has 0 bridgehead atoms. The first-order chi connectivity index (χ1) is 9.92. The molecule has 0 unspecified atom stereocenters. The Balaban J connectivity index is 1.50. The van der Waals surface area contributed by atoms with Gasteiger partial charge in [-0.25, -0.2) is 4.98 Å². The van der Waals surface area contributed by atoms with Gasteiger partial charge in [0.05, 0.1) is 23.9 Å². The Morgan fingerprint density at radius 2 is 2.05 bits per heavy atom. The number of hydrogen-bond donors (Lipinski definition) is 1. The molecule has 1 aromatic carbocycles. The van der Waals surface area contributed by atoms with Gasteiger partial charge in [-0.3, -0.25) is 0 Å². The molecule has 0 aliphatic carbocycles. The molecule has 0 aliphatic heterocycles. The van der Waals surface area contributed by atoms with Crippen molar-refractivity contribution in [3.63, 3.8) is 0 Å². The SMILES string of the molecule is c1ccc(-n2ncc(CNCCn3ccnc3)n2)cc1. The number of nitrogens with one attached hydrogen (secondary N) is 1. The number of imidazole rings is 1. The highest BCUT2D eigenvalue weighted by Crippen LogP contribution is 2.03.